The number of benzene rings is 1. The topological polar surface area (TPSA) is 158 Å². The molecule has 218 valence electrons. The van der Waals surface area contributed by atoms with Gasteiger partial charge in [0.15, 0.2) is 34.7 Å². The summed E-state index contributed by atoms with van der Waals surface area (Å²) < 4.78 is 16.0. The Bertz CT molecular complexity index is 1290. The van der Waals surface area contributed by atoms with Crippen molar-refractivity contribution in [3.8, 4) is 5.75 Å². The van der Waals surface area contributed by atoms with E-state index in [2.05, 4.69) is 18.7 Å². The number of hydrogen-bond donors (Lipinski definition) is 3. The number of rotatable bonds is 7. The summed E-state index contributed by atoms with van der Waals surface area (Å²) in [5.74, 6) is -12.0. The minimum atomic E-state index is -2.81. The number of likely N-dealkylation sites (N-methyl/N-ethyl adjacent to an activating group) is 1. The van der Waals surface area contributed by atoms with Crippen LogP contribution < -0.4 is 5.73 Å². The van der Waals surface area contributed by atoms with Crippen LogP contribution in [-0.2, 0) is 32.1 Å². The van der Waals surface area contributed by atoms with Gasteiger partial charge in [0.2, 0.25) is 5.91 Å². The van der Waals surface area contributed by atoms with E-state index in [4.69, 9.17) is 5.73 Å². The summed E-state index contributed by atoms with van der Waals surface area (Å²) in [7, 11) is 3.02. The molecule has 3 aliphatic rings. The first-order chi connectivity index (χ1) is 18.6. The third-order valence-electron chi connectivity index (χ3n) is 9.39. The molecule has 2 unspecified atom stereocenters. The smallest absolute Gasteiger partial charge is 0.235 e. The average molecular weight is 560 g/mol. The predicted molar refractivity (Wildman–Crippen MR) is 142 cm³/mol. The van der Waals surface area contributed by atoms with Crippen LogP contribution in [0.4, 0.5) is 4.39 Å². The third kappa shape index (κ3) is 4.29. The Labute approximate surface area is 232 Å². The fourth-order valence-corrected chi connectivity index (χ4v) is 7.01. The van der Waals surface area contributed by atoms with Crippen molar-refractivity contribution in [1.29, 1.82) is 0 Å². The molecule has 1 aromatic carbocycles. The van der Waals surface area contributed by atoms with Gasteiger partial charge in [0.1, 0.15) is 11.6 Å². The van der Waals surface area contributed by atoms with Crippen molar-refractivity contribution in [1.82, 2.24) is 9.80 Å². The zero-order valence-corrected chi connectivity index (χ0v) is 23.7. The van der Waals surface area contributed by atoms with E-state index in [9.17, 15) is 34.2 Å². The van der Waals surface area contributed by atoms with Crippen LogP contribution in [0.25, 0.3) is 0 Å². The molecule has 2 fully saturated rings. The van der Waals surface area contributed by atoms with Crippen LogP contribution in [0.1, 0.15) is 55.6 Å². The van der Waals surface area contributed by atoms with Gasteiger partial charge in [0.25, 0.3) is 0 Å². The third-order valence-corrected chi connectivity index (χ3v) is 9.39. The number of carbonyl (C=O) groups excluding carboxylic acids is 5. The molecule has 1 aromatic rings. The summed E-state index contributed by atoms with van der Waals surface area (Å²) in [5, 5.41) is 22.5. The van der Waals surface area contributed by atoms with E-state index in [1.807, 2.05) is 13.8 Å². The molecule has 10 nitrogen and oxygen atoms in total. The minimum absolute atomic E-state index is 0.0161. The van der Waals surface area contributed by atoms with E-state index in [1.54, 1.807) is 0 Å². The molecule has 1 amide bonds. The molecule has 0 saturated heterocycles. The lowest BCUT2D eigenvalue weighted by molar-refractivity contribution is -0.181. The number of fused-ring (bicyclic) bond motifs is 3. The number of Topliss-reactive ketones (excluding diaryl/α,β-unsaturated/α-hetero) is 4. The number of phenolic OH excluding ortho intramolecular Hbond substituents is 1. The van der Waals surface area contributed by atoms with E-state index in [0.29, 0.717) is 12.5 Å². The number of aliphatic hydroxyl groups is 1. The number of hydrogen-bond acceptors (Lipinski definition) is 9. The molecule has 11 heteroatoms. The van der Waals surface area contributed by atoms with Gasteiger partial charge in [0, 0.05) is 29.6 Å². The standard InChI is InChI=1S/C29H38FN3O7/c1-7-33(13(4)12(2)3)11-15-10-18(34)20-16(22(15)30)8-14-9-17-23(32(5)6)25(36)21(28(31)39)27(38)29(17,40)26(37)19(14)24(20)35/h10,12-14,17,19,21,23,34,40H,7-9,11H2,1-6H3,(H2,31,39)/t13-,14+,17+,19?,21?,23+,29+/m1/s1. The summed E-state index contributed by atoms with van der Waals surface area (Å²) in [5.41, 5.74) is 2.38. The Morgan fingerprint density at radius 1 is 1.18 bits per heavy atom. The minimum Gasteiger partial charge on any atom is -0.507 e. The van der Waals surface area contributed by atoms with E-state index < -0.39 is 75.9 Å². The van der Waals surface area contributed by atoms with E-state index in [0.717, 1.165) is 0 Å². The second-order valence-electron chi connectivity index (χ2n) is 12.1. The molecule has 0 aromatic heterocycles. The molecule has 0 bridgehead atoms. The van der Waals surface area contributed by atoms with Gasteiger partial charge in [-0.05, 0) is 58.3 Å². The molecule has 4 rings (SSSR count). The Morgan fingerprint density at radius 3 is 2.33 bits per heavy atom. The Kier molecular flexibility index (Phi) is 7.81. The van der Waals surface area contributed by atoms with Gasteiger partial charge in [-0.3, -0.25) is 33.8 Å². The largest absolute Gasteiger partial charge is 0.507 e. The van der Waals surface area contributed by atoms with Gasteiger partial charge in [-0.2, -0.15) is 0 Å². The number of carbonyl (C=O) groups is 5. The van der Waals surface area contributed by atoms with E-state index >= 15 is 4.39 Å². The number of halogens is 1. The number of aromatic hydroxyl groups is 1. The van der Waals surface area contributed by atoms with Crippen LogP contribution in [0.5, 0.6) is 5.75 Å². The van der Waals surface area contributed by atoms with Crippen LogP contribution in [-0.4, -0.2) is 87.4 Å². The van der Waals surface area contributed by atoms with Crippen molar-refractivity contribution >= 4 is 29.0 Å². The number of nitrogens with zero attached hydrogens (tertiary/aromatic N) is 2. The van der Waals surface area contributed by atoms with Crippen molar-refractivity contribution in [2.24, 2.45) is 35.3 Å². The van der Waals surface area contributed by atoms with Crippen LogP contribution >= 0.6 is 0 Å². The number of ketones is 4. The van der Waals surface area contributed by atoms with Gasteiger partial charge in [-0.25, -0.2) is 4.39 Å². The molecule has 0 radical (unpaired) electrons. The molecular formula is C29H38FN3O7. The Hall–Kier alpha value is -3.02. The van der Waals surface area contributed by atoms with Gasteiger partial charge in [-0.15, -0.1) is 0 Å². The van der Waals surface area contributed by atoms with Crippen LogP contribution in [0, 0.1) is 35.4 Å². The zero-order valence-electron chi connectivity index (χ0n) is 23.7. The molecule has 4 N–H and O–H groups in total. The van der Waals surface area contributed by atoms with Crippen molar-refractivity contribution in [3.05, 3.63) is 28.6 Å². The monoisotopic (exact) mass is 559 g/mol. The highest BCUT2D eigenvalue weighted by Gasteiger charge is 2.69. The van der Waals surface area contributed by atoms with Gasteiger partial charge in [-0.1, -0.05) is 20.8 Å². The summed E-state index contributed by atoms with van der Waals surface area (Å²) in [6.07, 6.45) is -0.231. The maximum atomic E-state index is 16.0. The van der Waals surface area contributed by atoms with E-state index in [1.165, 1.54) is 25.1 Å². The maximum Gasteiger partial charge on any atom is 0.235 e. The van der Waals surface area contributed by atoms with Crippen LogP contribution in [0.2, 0.25) is 0 Å². The summed E-state index contributed by atoms with van der Waals surface area (Å²) in [6, 6.07) is 0.111. The van der Waals surface area contributed by atoms with Crippen molar-refractivity contribution in [2.75, 3.05) is 20.6 Å². The first kappa shape index (κ1) is 30.0. The average Bonchev–Trinajstić information content (AvgIpc) is 2.86. The highest BCUT2D eigenvalue weighted by molar-refractivity contribution is 6.32. The van der Waals surface area contributed by atoms with Crippen LogP contribution in [0.15, 0.2) is 6.07 Å². The predicted octanol–water partition coefficient (Wildman–Crippen LogP) is 0.873. The fraction of sp³-hybridized carbons (Fsp3) is 0.621. The number of phenols is 1. The van der Waals surface area contributed by atoms with Crippen molar-refractivity contribution in [2.45, 2.75) is 64.8 Å². The summed E-state index contributed by atoms with van der Waals surface area (Å²) >= 11 is 0. The summed E-state index contributed by atoms with van der Waals surface area (Å²) in [4.78, 5) is 69.5. The zero-order chi connectivity index (χ0) is 30.0. The van der Waals surface area contributed by atoms with Crippen molar-refractivity contribution < 1.29 is 38.6 Å². The Morgan fingerprint density at radius 2 is 1.80 bits per heavy atom. The molecule has 0 spiro atoms. The molecular weight excluding hydrogens is 521 g/mol. The lowest BCUT2D eigenvalue weighted by Crippen LogP contribution is -2.74. The first-order valence-corrected chi connectivity index (χ1v) is 13.7. The molecule has 40 heavy (non-hydrogen) atoms. The van der Waals surface area contributed by atoms with Gasteiger partial charge in [0.05, 0.1) is 17.5 Å². The normalized spacial score (nSPS) is 30.9. The fourth-order valence-electron chi connectivity index (χ4n) is 7.01. The highest BCUT2D eigenvalue weighted by atomic mass is 19.1. The molecule has 0 aliphatic heterocycles. The molecule has 7 atom stereocenters. The second-order valence-corrected chi connectivity index (χ2v) is 12.1. The molecule has 2 saturated carbocycles. The number of amides is 1. The lowest BCUT2D eigenvalue weighted by atomic mass is 9.52. The van der Waals surface area contributed by atoms with Gasteiger partial charge >= 0.3 is 0 Å². The molecule has 0 heterocycles. The number of primary amides is 1. The van der Waals surface area contributed by atoms with Crippen LogP contribution in [0.3, 0.4) is 0 Å². The maximum absolute atomic E-state index is 16.0. The van der Waals surface area contributed by atoms with E-state index in [-0.39, 0.29) is 42.1 Å². The van der Waals surface area contributed by atoms with Gasteiger partial charge < -0.3 is 15.9 Å². The lowest BCUT2D eigenvalue weighted by Gasteiger charge is -2.52. The second kappa shape index (κ2) is 10.4. The molecule has 3 aliphatic carbocycles. The highest BCUT2D eigenvalue weighted by Crippen LogP contribution is 2.51. The number of nitrogens with two attached hydrogens (primary N) is 1. The quantitative estimate of drug-likeness (QED) is 0.412. The first-order valence-electron chi connectivity index (χ1n) is 13.7. The SMILES string of the molecule is CCN(Cc1cc(O)c2c(c1F)C[C@H]1C[C@H]3[C@H](N(C)C)C(=O)C(C(N)=O)C(=O)[C@@]3(O)C(=O)C1C2=O)[C@H](C)C(C)C. The summed E-state index contributed by atoms with van der Waals surface area (Å²) in [6.45, 7) is 8.93. The Balaban J connectivity index is 1.80. The van der Waals surface area contributed by atoms with Crippen molar-refractivity contribution in [3.63, 3.8) is 0 Å².